The molecule has 2 rings (SSSR count). The fourth-order valence-electron chi connectivity index (χ4n) is 5.32. The molecule has 4 N–H and O–H groups in total. The molecule has 0 spiro atoms. The van der Waals surface area contributed by atoms with Crippen molar-refractivity contribution in [2.45, 2.75) is 116 Å². The van der Waals surface area contributed by atoms with Crippen molar-refractivity contribution in [1.82, 2.24) is 0 Å². The van der Waals surface area contributed by atoms with Crippen LogP contribution < -0.4 is 0 Å². The van der Waals surface area contributed by atoms with E-state index in [9.17, 15) is 25.2 Å². The molecule has 0 aromatic heterocycles. The Morgan fingerprint density at radius 1 is 0.907 bits per heavy atom. The molecule has 0 bridgehead atoms. The van der Waals surface area contributed by atoms with Crippen molar-refractivity contribution >= 4 is 5.97 Å². The van der Waals surface area contributed by atoms with E-state index in [1.807, 2.05) is 58.1 Å². The van der Waals surface area contributed by atoms with Gasteiger partial charge in [0.15, 0.2) is 6.29 Å². The zero-order valence-corrected chi connectivity index (χ0v) is 26.8. The maximum Gasteiger partial charge on any atom is 0.333 e. The van der Waals surface area contributed by atoms with Crippen LogP contribution in [0.4, 0.5) is 0 Å². The Balaban J connectivity index is 2.40. The molecular formula is C33H52O10. The van der Waals surface area contributed by atoms with E-state index in [1.54, 1.807) is 19.9 Å². The van der Waals surface area contributed by atoms with Crippen molar-refractivity contribution < 1.29 is 48.9 Å². The molecule has 2 aliphatic heterocycles. The highest BCUT2D eigenvalue weighted by atomic mass is 16.7. The van der Waals surface area contributed by atoms with Gasteiger partial charge in [-0.2, -0.15) is 0 Å². The number of ether oxygens (including phenoxy) is 5. The van der Waals surface area contributed by atoms with E-state index in [2.05, 4.69) is 0 Å². The summed E-state index contributed by atoms with van der Waals surface area (Å²) in [6.45, 7) is 10.9. The number of hydrogen-bond donors (Lipinski definition) is 4. The molecule has 43 heavy (non-hydrogen) atoms. The van der Waals surface area contributed by atoms with E-state index in [4.69, 9.17) is 23.7 Å². The quantitative estimate of drug-likeness (QED) is 0.351. The van der Waals surface area contributed by atoms with Crippen LogP contribution in [0.25, 0.3) is 0 Å². The van der Waals surface area contributed by atoms with Gasteiger partial charge in [0, 0.05) is 32.1 Å². The molecular weight excluding hydrogens is 556 g/mol. The predicted molar refractivity (Wildman–Crippen MR) is 163 cm³/mol. The van der Waals surface area contributed by atoms with Gasteiger partial charge < -0.3 is 44.1 Å². The number of esters is 1. The van der Waals surface area contributed by atoms with Gasteiger partial charge in [0.05, 0.1) is 30.5 Å². The molecule has 10 nitrogen and oxygen atoms in total. The number of aliphatic hydroxyl groups is 4. The molecule has 0 aromatic rings. The molecule has 0 aromatic carbocycles. The lowest BCUT2D eigenvalue weighted by Gasteiger charge is -2.41. The highest BCUT2D eigenvalue weighted by molar-refractivity contribution is 5.88. The Kier molecular flexibility index (Phi) is 15.5. The molecule has 244 valence electrons. The van der Waals surface area contributed by atoms with Crippen molar-refractivity contribution in [2.75, 3.05) is 20.8 Å². The smallest absolute Gasteiger partial charge is 0.333 e. The van der Waals surface area contributed by atoms with Crippen LogP contribution in [-0.2, 0) is 28.5 Å². The van der Waals surface area contributed by atoms with Gasteiger partial charge in [-0.3, -0.25) is 0 Å². The number of carbonyl (C=O) groups excluding carboxylic acids is 1. The summed E-state index contributed by atoms with van der Waals surface area (Å²) in [7, 11) is 2.93. The Labute approximate surface area is 256 Å². The summed E-state index contributed by atoms with van der Waals surface area (Å²) in [5.74, 6) is -0.717. The van der Waals surface area contributed by atoms with Gasteiger partial charge >= 0.3 is 5.97 Å². The lowest BCUT2D eigenvalue weighted by molar-refractivity contribution is -0.305. The summed E-state index contributed by atoms with van der Waals surface area (Å²) in [4.78, 5) is 12.5. The van der Waals surface area contributed by atoms with Gasteiger partial charge in [0.25, 0.3) is 0 Å². The van der Waals surface area contributed by atoms with E-state index >= 15 is 0 Å². The van der Waals surface area contributed by atoms with E-state index in [-0.39, 0.29) is 18.9 Å². The normalized spacial score (nSPS) is 42.0. The van der Waals surface area contributed by atoms with Gasteiger partial charge in [-0.15, -0.1) is 0 Å². The Bertz CT molecular complexity index is 1040. The van der Waals surface area contributed by atoms with Crippen LogP contribution in [0, 0.1) is 5.92 Å². The molecule has 0 amide bonds. The molecule has 0 aliphatic carbocycles. The van der Waals surface area contributed by atoms with Crippen LogP contribution in [0.15, 0.2) is 58.7 Å². The van der Waals surface area contributed by atoms with Crippen LogP contribution in [0.1, 0.15) is 60.8 Å². The highest BCUT2D eigenvalue weighted by Crippen LogP contribution is 2.27. The Morgan fingerprint density at radius 2 is 1.60 bits per heavy atom. The highest BCUT2D eigenvalue weighted by Gasteiger charge is 2.44. The second-order valence-electron chi connectivity index (χ2n) is 11.7. The summed E-state index contributed by atoms with van der Waals surface area (Å²) < 4.78 is 28.2. The first kappa shape index (κ1) is 37.0. The van der Waals surface area contributed by atoms with E-state index in [1.165, 1.54) is 14.2 Å². The third kappa shape index (κ3) is 11.7. The van der Waals surface area contributed by atoms with Crippen molar-refractivity contribution in [3.8, 4) is 0 Å². The first-order valence-electron chi connectivity index (χ1n) is 14.9. The van der Waals surface area contributed by atoms with Gasteiger partial charge in [-0.25, -0.2) is 4.79 Å². The van der Waals surface area contributed by atoms with Crippen molar-refractivity contribution in [3.63, 3.8) is 0 Å². The molecule has 0 saturated carbocycles. The predicted octanol–water partition coefficient (Wildman–Crippen LogP) is 3.29. The molecule has 0 radical (unpaired) electrons. The minimum absolute atomic E-state index is 0.115. The Morgan fingerprint density at radius 3 is 2.26 bits per heavy atom. The van der Waals surface area contributed by atoms with Crippen LogP contribution in [0.3, 0.4) is 0 Å². The molecule has 1 fully saturated rings. The first-order valence-corrected chi connectivity index (χ1v) is 14.9. The molecule has 2 aliphatic rings. The topological polar surface area (TPSA) is 144 Å². The fraction of sp³-hybridized carbons (Fsp3) is 0.667. The SMILES string of the molecule is COC1C[C@H](O)COC(=O)/C(C)=C/C(C)=C/C(C)=C/[C@@H](C)[C@H](O[C@@H]2O[C@@H](C)[C@H](OC)[C@@H](O)[C@@H]2O)/C=C/C(C)=C/CC[C@@H]1O. The van der Waals surface area contributed by atoms with Gasteiger partial charge in [-0.1, -0.05) is 54.0 Å². The van der Waals surface area contributed by atoms with E-state index in [0.717, 1.165) is 16.7 Å². The summed E-state index contributed by atoms with van der Waals surface area (Å²) in [5.41, 5.74) is 3.07. The van der Waals surface area contributed by atoms with Gasteiger partial charge in [0.1, 0.15) is 24.9 Å². The number of aliphatic hydroxyl groups excluding tert-OH is 4. The second kappa shape index (κ2) is 18.0. The first-order chi connectivity index (χ1) is 20.3. The zero-order chi connectivity index (χ0) is 32.3. The molecule has 10 atom stereocenters. The van der Waals surface area contributed by atoms with Crippen molar-refractivity contribution in [1.29, 1.82) is 0 Å². The minimum Gasteiger partial charge on any atom is -0.460 e. The number of cyclic esters (lactones) is 1. The minimum atomic E-state index is -1.31. The number of rotatable bonds is 4. The second-order valence-corrected chi connectivity index (χ2v) is 11.7. The van der Waals surface area contributed by atoms with Crippen molar-refractivity contribution in [3.05, 3.63) is 58.7 Å². The lowest BCUT2D eigenvalue weighted by atomic mass is 9.97. The van der Waals surface area contributed by atoms with Crippen LogP contribution in [0.5, 0.6) is 0 Å². The van der Waals surface area contributed by atoms with Gasteiger partial charge in [-0.05, 0) is 53.5 Å². The number of hydrogen-bond acceptors (Lipinski definition) is 10. The maximum atomic E-state index is 12.5. The molecule has 10 heteroatoms. The lowest BCUT2D eigenvalue weighted by Crippen LogP contribution is -2.58. The number of carbonyl (C=O) groups is 1. The van der Waals surface area contributed by atoms with E-state index < -0.39 is 61.1 Å². The van der Waals surface area contributed by atoms with Crippen molar-refractivity contribution in [2.24, 2.45) is 5.92 Å². The summed E-state index contributed by atoms with van der Waals surface area (Å²) in [6, 6.07) is 0. The fourth-order valence-corrected chi connectivity index (χ4v) is 5.32. The zero-order valence-electron chi connectivity index (χ0n) is 26.8. The monoisotopic (exact) mass is 608 g/mol. The number of allylic oxidation sites excluding steroid dienone is 7. The summed E-state index contributed by atoms with van der Waals surface area (Å²) in [5, 5.41) is 42.4. The Hall–Kier alpha value is -2.15. The summed E-state index contributed by atoms with van der Waals surface area (Å²) in [6.07, 6.45) is 4.81. The molecule has 1 saturated heterocycles. The van der Waals surface area contributed by atoms with Crippen LogP contribution in [0.2, 0.25) is 0 Å². The molecule has 2 heterocycles. The van der Waals surface area contributed by atoms with E-state index in [0.29, 0.717) is 18.4 Å². The number of methoxy groups -OCH3 is 2. The van der Waals surface area contributed by atoms with Crippen LogP contribution >= 0.6 is 0 Å². The third-order valence-corrected chi connectivity index (χ3v) is 7.73. The van der Waals surface area contributed by atoms with Crippen LogP contribution in [-0.4, -0.2) is 102 Å². The molecule has 1 unspecified atom stereocenters. The maximum absolute atomic E-state index is 12.5. The average molecular weight is 609 g/mol. The van der Waals surface area contributed by atoms with Gasteiger partial charge in [0.2, 0.25) is 0 Å². The third-order valence-electron chi connectivity index (χ3n) is 7.73. The standard InChI is InChI=1S/C33H52O10/c1-19-10-9-11-26(35)28(39-7)17-25(34)18-41-32(38)23(5)16-21(3)14-20(2)15-22(4)27(13-12-19)43-33-30(37)29(36)31(40-8)24(6)42-33/h10,12-16,22,24-31,33-37H,9,11,17-18H2,1-8H3/b13-12+,19-10+,20-15+,21-14+,23-16+/t22-,24+,25+,26+,27-,28?,29+,30+,31+,33+/m1/s1. The largest absolute Gasteiger partial charge is 0.460 e. The average Bonchev–Trinajstić information content (AvgIpc) is 2.94. The summed E-state index contributed by atoms with van der Waals surface area (Å²) >= 11 is 0.